The maximum Gasteiger partial charge on any atom is 0.422 e. The van der Waals surface area contributed by atoms with Gasteiger partial charge in [-0.2, -0.15) is 13.2 Å². The maximum absolute atomic E-state index is 13.2. The van der Waals surface area contributed by atoms with Gasteiger partial charge in [0, 0.05) is 12.3 Å². The van der Waals surface area contributed by atoms with Crippen LogP contribution < -0.4 is 0 Å². The van der Waals surface area contributed by atoms with E-state index in [1.807, 2.05) is 0 Å². The third-order valence-corrected chi connectivity index (χ3v) is 2.54. The fraction of sp³-hybridized carbons (Fsp3) is 0.875. The van der Waals surface area contributed by atoms with Gasteiger partial charge in [0.25, 0.3) is 0 Å². The van der Waals surface area contributed by atoms with Gasteiger partial charge in [0.1, 0.15) is 5.78 Å². The number of hydrogen-bond donors (Lipinski definition) is 0. The third-order valence-electron chi connectivity index (χ3n) is 2.54. The normalized spacial score (nSPS) is 35.0. The van der Waals surface area contributed by atoms with Crippen LogP contribution in [-0.4, -0.2) is 17.6 Å². The van der Waals surface area contributed by atoms with Gasteiger partial charge in [0.2, 0.25) is 5.67 Å². The lowest BCUT2D eigenvalue weighted by Gasteiger charge is -2.22. The minimum absolute atomic E-state index is 0.00530. The molecule has 0 N–H and O–H groups in total. The molecule has 0 aliphatic heterocycles. The maximum atomic E-state index is 13.2. The van der Waals surface area contributed by atoms with E-state index < -0.39 is 30.6 Å². The number of hydrogen-bond acceptors (Lipinski definition) is 1. The smallest absolute Gasteiger partial charge is 0.300 e. The van der Waals surface area contributed by atoms with Gasteiger partial charge in [0.15, 0.2) is 0 Å². The summed E-state index contributed by atoms with van der Waals surface area (Å²) in [5.74, 6) is -1.12. The molecule has 1 rings (SSSR count). The van der Waals surface area contributed by atoms with Crippen molar-refractivity contribution in [3.8, 4) is 0 Å². The van der Waals surface area contributed by atoms with Gasteiger partial charge in [-0.25, -0.2) is 4.39 Å². The highest BCUT2D eigenvalue weighted by Gasteiger charge is 2.59. The van der Waals surface area contributed by atoms with Crippen LogP contribution in [0.5, 0.6) is 0 Å². The lowest BCUT2D eigenvalue weighted by molar-refractivity contribution is -0.228. The molecule has 2 unspecified atom stereocenters. The van der Waals surface area contributed by atoms with Crippen molar-refractivity contribution in [1.82, 2.24) is 0 Å². The van der Waals surface area contributed by atoms with E-state index in [1.54, 1.807) is 0 Å². The van der Waals surface area contributed by atoms with E-state index in [0.29, 0.717) is 0 Å². The van der Waals surface area contributed by atoms with E-state index in [9.17, 15) is 22.4 Å². The molecule has 0 bridgehead atoms. The molecule has 1 nitrogen and oxygen atoms in total. The fourth-order valence-corrected chi connectivity index (χ4v) is 1.60. The van der Waals surface area contributed by atoms with E-state index in [4.69, 9.17) is 0 Å². The van der Waals surface area contributed by atoms with Gasteiger partial charge in [-0.15, -0.1) is 0 Å². The summed E-state index contributed by atoms with van der Waals surface area (Å²) in [6.45, 7) is 1.20. The number of carbonyl (C=O) groups is 1. The lowest BCUT2D eigenvalue weighted by Crippen LogP contribution is -2.38. The molecule has 0 aromatic heterocycles. The van der Waals surface area contributed by atoms with Crippen LogP contribution in [0.4, 0.5) is 17.6 Å². The number of carbonyl (C=O) groups excluding carboxylic acids is 1. The van der Waals surface area contributed by atoms with Crippen LogP contribution >= 0.6 is 0 Å². The van der Waals surface area contributed by atoms with Gasteiger partial charge in [0.05, 0.1) is 0 Å². The summed E-state index contributed by atoms with van der Waals surface area (Å²) >= 11 is 0. The Morgan fingerprint density at radius 3 is 2.23 bits per heavy atom. The number of halogens is 4. The van der Waals surface area contributed by atoms with Crippen molar-refractivity contribution in [3.63, 3.8) is 0 Å². The highest BCUT2D eigenvalue weighted by atomic mass is 19.4. The van der Waals surface area contributed by atoms with Crippen LogP contribution in [0.2, 0.25) is 0 Å². The summed E-state index contributed by atoms with van der Waals surface area (Å²) < 4.78 is 49.4. The third kappa shape index (κ3) is 1.84. The van der Waals surface area contributed by atoms with E-state index >= 15 is 0 Å². The Kier molecular flexibility index (Phi) is 2.38. The first-order valence-corrected chi connectivity index (χ1v) is 4.02. The summed E-state index contributed by atoms with van der Waals surface area (Å²) in [5.41, 5.74) is -3.14. The number of alkyl halides is 4. The second-order valence-corrected chi connectivity index (χ2v) is 3.51. The van der Waals surface area contributed by atoms with Crippen LogP contribution in [0, 0.1) is 5.92 Å². The standard InChI is InChI=1S/C8H10F4O/c1-5(13)6-2-3-7(9,4-6)8(10,11)12/h6H,2-4H2,1H3. The monoisotopic (exact) mass is 198 g/mol. The number of rotatable bonds is 1. The highest BCUT2D eigenvalue weighted by molar-refractivity contribution is 5.78. The highest BCUT2D eigenvalue weighted by Crippen LogP contribution is 2.48. The van der Waals surface area contributed by atoms with Gasteiger partial charge in [-0.1, -0.05) is 0 Å². The molecule has 2 atom stereocenters. The first kappa shape index (κ1) is 10.5. The molecule has 0 spiro atoms. The van der Waals surface area contributed by atoms with Crippen molar-refractivity contribution < 1.29 is 22.4 Å². The molecule has 0 aromatic rings. The minimum atomic E-state index is -4.84. The van der Waals surface area contributed by atoms with E-state index in [1.165, 1.54) is 6.92 Å². The quantitative estimate of drug-likeness (QED) is 0.592. The van der Waals surface area contributed by atoms with Crippen molar-refractivity contribution >= 4 is 5.78 Å². The Labute approximate surface area is 73.1 Å². The molecule has 0 saturated heterocycles. The number of ketones is 1. The van der Waals surface area contributed by atoms with Crippen molar-refractivity contribution in [2.24, 2.45) is 5.92 Å². The number of Topliss-reactive ketones (excluding diaryl/α,β-unsaturated/α-hetero) is 1. The largest absolute Gasteiger partial charge is 0.422 e. The lowest BCUT2D eigenvalue weighted by atomic mass is 9.99. The molecule has 76 valence electrons. The topological polar surface area (TPSA) is 17.1 Å². The zero-order valence-corrected chi connectivity index (χ0v) is 7.12. The fourth-order valence-electron chi connectivity index (χ4n) is 1.60. The van der Waals surface area contributed by atoms with Crippen LogP contribution in [-0.2, 0) is 4.79 Å². The van der Waals surface area contributed by atoms with Gasteiger partial charge < -0.3 is 0 Å². The second kappa shape index (κ2) is 2.96. The molecule has 0 radical (unpaired) electrons. The van der Waals surface area contributed by atoms with Crippen LogP contribution in [0.1, 0.15) is 26.2 Å². The predicted octanol–water partition coefficient (Wildman–Crippen LogP) is 2.65. The Morgan fingerprint density at radius 2 is 2.00 bits per heavy atom. The van der Waals surface area contributed by atoms with Crippen molar-refractivity contribution in [1.29, 1.82) is 0 Å². The van der Waals surface area contributed by atoms with Crippen molar-refractivity contribution in [2.75, 3.05) is 0 Å². The summed E-state index contributed by atoms with van der Waals surface area (Å²) in [6, 6.07) is 0. The van der Waals surface area contributed by atoms with Crippen molar-refractivity contribution in [2.45, 2.75) is 38.0 Å². The summed E-state index contributed by atoms with van der Waals surface area (Å²) in [4.78, 5) is 10.7. The first-order valence-electron chi connectivity index (χ1n) is 4.02. The average Bonchev–Trinajstić information content (AvgIpc) is 2.31. The Bertz CT molecular complexity index is 223. The molecule has 1 fully saturated rings. The Hall–Kier alpha value is -0.610. The van der Waals surface area contributed by atoms with Gasteiger partial charge >= 0.3 is 6.18 Å². The molecule has 13 heavy (non-hydrogen) atoms. The second-order valence-electron chi connectivity index (χ2n) is 3.51. The molecule has 1 aliphatic rings. The molecular formula is C8H10F4O. The van der Waals surface area contributed by atoms with Crippen LogP contribution in [0.25, 0.3) is 0 Å². The molecular weight excluding hydrogens is 188 g/mol. The molecule has 1 saturated carbocycles. The zero-order valence-electron chi connectivity index (χ0n) is 7.12. The summed E-state index contributed by atoms with van der Waals surface area (Å²) in [7, 11) is 0. The molecule has 0 aromatic carbocycles. The Balaban J connectivity index is 2.72. The van der Waals surface area contributed by atoms with Gasteiger partial charge in [-0.3, -0.25) is 4.79 Å². The van der Waals surface area contributed by atoms with E-state index in [0.717, 1.165) is 0 Å². The summed E-state index contributed by atoms with van der Waals surface area (Å²) in [6.07, 6.45) is -6.12. The van der Waals surface area contributed by atoms with Crippen LogP contribution in [0.3, 0.4) is 0 Å². The predicted molar refractivity (Wildman–Crippen MR) is 37.9 cm³/mol. The molecule has 1 aliphatic carbocycles. The zero-order chi connectivity index (χ0) is 10.3. The molecule has 0 heterocycles. The van der Waals surface area contributed by atoms with E-state index in [2.05, 4.69) is 0 Å². The first-order chi connectivity index (χ1) is 5.76. The Morgan fingerprint density at radius 1 is 1.46 bits per heavy atom. The summed E-state index contributed by atoms with van der Waals surface area (Å²) in [5, 5.41) is 0. The van der Waals surface area contributed by atoms with Crippen LogP contribution in [0.15, 0.2) is 0 Å². The molecule has 5 heteroatoms. The van der Waals surface area contributed by atoms with Crippen molar-refractivity contribution in [3.05, 3.63) is 0 Å². The average molecular weight is 198 g/mol. The van der Waals surface area contributed by atoms with Gasteiger partial charge in [-0.05, 0) is 19.8 Å². The minimum Gasteiger partial charge on any atom is -0.300 e. The SMILES string of the molecule is CC(=O)C1CCC(F)(C(F)(F)F)C1. The molecule has 0 amide bonds. The van der Waals surface area contributed by atoms with E-state index in [-0.39, 0.29) is 12.2 Å².